The molecule has 7 nitrogen and oxygen atoms in total. The molecule has 1 aliphatic heterocycles. The molecule has 3 rings (SSSR count). The third-order valence-corrected chi connectivity index (χ3v) is 3.81. The second-order valence-electron chi connectivity index (χ2n) is 5.56. The van der Waals surface area contributed by atoms with E-state index in [1.165, 1.54) is 0 Å². The monoisotopic (exact) mass is 336 g/mol. The summed E-state index contributed by atoms with van der Waals surface area (Å²) in [5.74, 6) is -0.181. The zero-order valence-corrected chi connectivity index (χ0v) is 13.4. The van der Waals surface area contributed by atoms with E-state index in [9.17, 15) is 9.59 Å². The Morgan fingerprint density at radius 2 is 2.00 bits per heavy atom. The summed E-state index contributed by atoms with van der Waals surface area (Å²) in [5, 5.41) is 11.6. The van der Waals surface area contributed by atoms with Crippen LogP contribution in [0.25, 0.3) is 0 Å². The highest BCUT2D eigenvalue weighted by molar-refractivity contribution is 5.96. The first kappa shape index (κ1) is 16.5. The van der Waals surface area contributed by atoms with Crippen LogP contribution in [0.4, 0.5) is 0 Å². The Balaban J connectivity index is 1.44. The van der Waals surface area contributed by atoms with Crippen molar-refractivity contribution in [3.63, 3.8) is 0 Å². The van der Waals surface area contributed by atoms with Crippen molar-refractivity contribution in [1.29, 1.82) is 5.26 Å². The lowest BCUT2D eigenvalue weighted by Crippen LogP contribution is -2.58. The molecule has 0 unspecified atom stereocenters. The van der Waals surface area contributed by atoms with Crippen molar-refractivity contribution < 1.29 is 14.3 Å². The fraction of sp³-hybridized carbons (Fsp3) is 0.222. The van der Waals surface area contributed by atoms with Gasteiger partial charge in [0.05, 0.1) is 19.6 Å². The first-order chi connectivity index (χ1) is 12.2. The van der Waals surface area contributed by atoms with E-state index >= 15 is 0 Å². The molecule has 0 radical (unpaired) electrons. The molecule has 0 spiro atoms. The zero-order valence-electron chi connectivity index (χ0n) is 13.4. The number of pyridine rings is 1. The molecule has 25 heavy (non-hydrogen) atoms. The number of aromatic nitrogens is 1. The first-order valence-corrected chi connectivity index (χ1v) is 7.80. The van der Waals surface area contributed by atoms with Crippen LogP contribution in [0.3, 0.4) is 0 Å². The summed E-state index contributed by atoms with van der Waals surface area (Å²) in [4.78, 5) is 29.6. The fourth-order valence-corrected chi connectivity index (χ4v) is 2.40. The third kappa shape index (κ3) is 3.93. The van der Waals surface area contributed by atoms with Crippen LogP contribution < -0.4 is 10.1 Å². The topological polar surface area (TPSA) is 95.3 Å². The van der Waals surface area contributed by atoms with E-state index in [4.69, 9.17) is 10.00 Å². The molecule has 1 saturated heterocycles. The molecule has 1 aromatic heterocycles. The van der Waals surface area contributed by atoms with E-state index in [1.54, 1.807) is 47.5 Å². The van der Waals surface area contributed by atoms with E-state index in [1.807, 2.05) is 12.1 Å². The van der Waals surface area contributed by atoms with Crippen molar-refractivity contribution >= 4 is 11.8 Å². The number of likely N-dealkylation sites (tertiary alicyclic amines) is 1. The highest BCUT2D eigenvalue weighted by Crippen LogP contribution is 2.19. The Labute approximate surface area is 144 Å². The van der Waals surface area contributed by atoms with Gasteiger partial charge < -0.3 is 15.0 Å². The van der Waals surface area contributed by atoms with E-state index in [-0.39, 0.29) is 30.3 Å². The molecule has 0 bridgehead atoms. The SMILES string of the molecule is N#Cc1cccnc1OC1CN(C(=O)CNC(=O)c2ccccc2)C1. The van der Waals surface area contributed by atoms with Crippen LogP contribution in [0.5, 0.6) is 5.88 Å². The molecule has 1 fully saturated rings. The van der Waals surface area contributed by atoms with Gasteiger partial charge in [-0.3, -0.25) is 9.59 Å². The maximum Gasteiger partial charge on any atom is 0.251 e. The van der Waals surface area contributed by atoms with Gasteiger partial charge in [-0.05, 0) is 24.3 Å². The number of rotatable bonds is 5. The standard InChI is InChI=1S/C18H16N4O3/c19-9-14-7-4-8-20-18(14)25-15-11-22(12-15)16(23)10-21-17(24)13-5-2-1-3-6-13/h1-8,15H,10-12H2,(H,21,24). The summed E-state index contributed by atoms with van der Waals surface area (Å²) in [6.07, 6.45) is 1.35. The summed E-state index contributed by atoms with van der Waals surface area (Å²) in [6.45, 7) is 0.746. The van der Waals surface area contributed by atoms with Crippen molar-refractivity contribution in [1.82, 2.24) is 15.2 Å². The highest BCUT2D eigenvalue weighted by atomic mass is 16.5. The Hall–Kier alpha value is -3.40. The molecular formula is C18H16N4O3. The lowest BCUT2D eigenvalue weighted by molar-refractivity contribution is -0.138. The highest BCUT2D eigenvalue weighted by Gasteiger charge is 2.32. The number of benzene rings is 1. The molecule has 2 aromatic rings. The third-order valence-electron chi connectivity index (χ3n) is 3.81. The number of nitrogens with zero attached hydrogens (tertiary/aromatic N) is 3. The Bertz CT molecular complexity index is 811. The minimum absolute atomic E-state index is 0.0620. The largest absolute Gasteiger partial charge is 0.470 e. The second-order valence-corrected chi connectivity index (χ2v) is 5.56. The smallest absolute Gasteiger partial charge is 0.251 e. The maximum atomic E-state index is 12.1. The normalized spacial score (nSPS) is 13.5. The second kappa shape index (κ2) is 7.45. The van der Waals surface area contributed by atoms with Gasteiger partial charge >= 0.3 is 0 Å². The molecule has 7 heteroatoms. The lowest BCUT2D eigenvalue weighted by Gasteiger charge is -2.38. The van der Waals surface area contributed by atoms with Gasteiger partial charge in [0.15, 0.2) is 0 Å². The van der Waals surface area contributed by atoms with Crippen molar-refractivity contribution in [3.05, 3.63) is 59.8 Å². The molecular weight excluding hydrogens is 320 g/mol. The fourth-order valence-electron chi connectivity index (χ4n) is 2.40. The van der Waals surface area contributed by atoms with Crippen LogP contribution >= 0.6 is 0 Å². The van der Waals surface area contributed by atoms with E-state index < -0.39 is 0 Å². The Morgan fingerprint density at radius 1 is 1.24 bits per heavy atom. The number of nitrogens with one attached hydrogen (secondary N) is 1. The van der Waals surface area contributed by atoms with Crippen LogP contribution in [0, 0.1) is 11.3 Å². The molecule has 1 aromatic carbocycles. The van der Waals surface area contributed by atoms with Gasteiger partial charge in [-0.25, -0.2) is 4.98 Å². The van der Waals surface area contributed by atoms with E-state index in [0.29, 0.717) is 24.2 Å². The van der Waals surface area contributed by atoms with Gasteiger partial charge in [-0.15, -0.1) is 0 Å². The number of amides is 2. The van der Waals surface area contributed by atoms with Crippen molar-refractivity contribution in [2.75, 3.05) is 19.6 Å². The minimum atomic E-state index is -0.283. The molecule has 0 aliphatic carbocycles. The number of nitriles is 1. The van der Waals surface area contributed by atoms with Crippen LogP contribution in [-0.4, -0.2) is 47.4 Å². The summed E-state index contributed by atoms with van der Waals surface area (Å²) in [6, 6.07) is 14.0. The van der Waals surface area contributed by atoms with E-state index in [2.05, 4.69) is 10.3 Å². The summed E-state index contributed by atoms with van der Waals surface area (Å²) >= 11 is 0. The number of carbonyl (C=O) groups excluding carboxylic acids is 2. The van der Waals surface area contributed by atoms with Crippen molar-refractivity contribution in [3.8, 4) is 11.9 Å². The molecule has 0 atom stereocenters. The molecule has 2 amide bonds. The summed E-state index contributed by atoms with van der Waals surface area (Å²) < 4.78 is 5.63. The van der Waals surface area contributed by atoms with Gasteiger partial charge in [0.2, 0.25) is 11.8 Å². The average Bonchev–Trinajstić information content (AvgIpc) is 2.63. The first-order valence-electron chi connectivity index (χ1n) is 7.80. The van der Waals surface area contributed by atoms with Crippen LogP contribution in [0.1, 0.15) is 15.9 Å². The quantitative estimate of drug-likeness (QED) is 0.878. The molecule has 1 aliphatic rings. The molecule has 0 saturated carbocycles. The number of carbonyl (C=O) groups is 2. The van der Waals surface area contributed by atoms with Gasteiger partial charge in [0, 0.05) is 11.8 Å². The lowest BCUT2D eigenvalue weighted by atomic mass is 10.1. The number of hydrogen-bond acceptors (Lipinski definition) is 5. The summed E-state index contributed by atoms with van der Waals surface area (Å²) in [7, 11) is 0. The van der Waals surface area contributed by atoms with Gasteiger partial charge in [-0.1, -0.05) is 18.2 Å². The average molecular weight is 336 g/mol. The number of ether oxygens (including phenoxy) is 1. The van der Waals surface area contributed by atoms with Crippen LogP contribution in [0.2, 0.25) is 0 Å². The molecule has 1 N–H and O–H groups in total. The van der Waals surface area contributed by atoms with Crippen molar-refractivity contribution in [2.45, 2.75) is 6.10 Å². The van der Waals surface area contributed by atoms with E-state index in [0.717, 1.165) is 0 Å². The van der Waals surface area contributed by atoms with Gasteiger partial charge in [0.25, 0.3) is 5.91 Å². The molecule has 126 valence electrons. The zero-order chi connectivity index (χ0) is 17.6. The minimum Gasteiger partial charge on any atom is -0.470 e. The predicted molar refractivity (Wildman–Crippen MR) is 88.7 cm³/mol. The Morgan fingerprint density at radius 3 is 2.72 bits per heavy atom. The van der Waals surface area contributed by atoms with Crippen LogP contribution in [0.15, 0.2) is 48.7 Å². The summed E-state index contributed by atoms with van der Waals surface area (Å²) in [5.41, 5.74) is 0.877. The number of hydrogen-bond donors (Lipinski definition) is 1. The maximum absolute atomic E-state index is 12.1. The van der Waals surface area contributed by atoms with Gasteiger partial charge in [0.1, 0.15) is 17.7 Å². The molecule has 2 heterocycles. The Kier molecular flexibility index (Phi) is 4.90. The van der Waals surface area contributed by atoms with Gasteiger partial charge in [-0.2, -0.15) is 5.26 Å². The van der Waals surface area contributed by atoms with Crippen molar-refractivity contribution in [2.24, 2.45) is 0 Å². The van der Waals surface area contributed by atoms with Crippen LogP contribution in [-0.2, 0) is 4.79 Å². The predicted octanol–water partition coefficient (Wildman–Crippen LogP) is 0.973.